The number of aromatic nitrogens is 2. The molecule has 4 aromatic carbocycles. The molecule has 8 rings (SSSR count). The van der Waals surface area contributed by atoms with Crippen molar-refractivity contribution in [2.75, 3.05) is 4.90 Å². The van der Waals surface area contributed by atoms with Gasteiger partial charge in [-0.3, -0.25) is 9.88 Å². The minimum absolute atomic E-state index is 0.258. The first-order chi connectivity index (χ1) is 21.0. The molecule has 1 atom stereocenters. The van der Waals surface area contributed by atoms with Gasteiger partial charge in [0.05, 0.1) is 11.4 Å². The van der Waals surface area contributed by atoms with Crippen molar-refractivity contribution in [1.82, 2.24) is 9.97 Å². The summed E-state index contributed by atoms with van der Waals surface area (Å²) in [6.07, 6.45) is 2.31. The summed E-state index contributed by atoms with van der Waals surface area (Å²) in [6, 6.07) is 38.6. The number of benzene rings is 4. The van der Waals surface area contributed by atoms with Crippen LogP contribution >= 0.6 is 11.3 Å². The Hall–Kier alpha value is -4.87. The van der Waals surface area contributed by atoms with Crippen LogP contribution in [0.5, 0.6) is 0 Å². The summed E-state index contributed by atoms with van der Waals surface area (Å²) < 4.78 is 18.9. The summed E-state index contributed by atoms with van der Waals surface area (Å²) in [5.41, 5.74) is 7.01. The highest BCUT2D eigenvalue weighted by Crippen LogP contribution is 2.53. The molecule has 0 amide bonds. The van der Waals surface area contributed by atoms with E-state index in [4.69, 9.17) is 4.98 Å². The van der Waals surface area contributed by atoms with Crippen LogP contribution < -0.4 is 4.90 Å². The fraction of sp³-hybridized carbons (Fsp3) is 0.105. The summed E-state index contributed by atoms with van der Waals surface area (Å²) in [7, 11) is 0. The van der Waals surface area contributed by atoms with Gasteiger partial charge in [0.2, 0.25) is 0 Å². The van der Waals surface area contributed by atoms with E-state index >= 15 is 4.39 Å². The Balaban J connectivity index is 1.28. The Bertz CT molecular complexity index is 2150. The predicted molar refractivity (Wildman–Crippen MR) is 177 cm³/mol. The lowest BCUT2D eigenvalue weighted by molar-refractivity contribution is 0.402. The van der Waals surface area contributed by atoms with Crippen LogP contribution in [0.25, 0.3) is 31.4 Å². The molecule has 0 saturated carbocycles. The van der Waals surface area contributed by atoms with Gasteiger partial charge in [0.15, 0.2) is 6.17 Å². The van der Waals surface area contributed by atoms with Gasteiger partial charge in [-0.25, -0.2) is 9.37 Å². The van der Waals surface area contributed by atoms with Gasteiger partial charge < -0.3 is 0 Å². The lowest BCUT2D eigenvalue weighted by Crippen LogP contribution is -2.31. The monoisotopic (exact) mass is 577 g/mol. The maximum absolute atomic E-state index is 16.3. The summed E-state index contributed by atoms with van der Waals surface area (Å²) >= 11 is 1.83. The Kier molecular flexibility index (Phi) is 5.92. The molecule has 0 aliphatic carbocycles. The van der Waals surface area contributed by atoms with E-state index in [1.165, 1.54) is 25.7 Å². The molecule has 43 heavy (non-hydrogen) atoms. The van der Waals surface area contributed by atoms with Gasteiger partial charge >= 0.3 is 0 Å². The Labute approximate surface area is 253 Å². The molecule has 0 spiro atoms. The number of anilines is 3. The number of hydrogen-bond donors (Lipinski definition) is 0. The van der Waals surface area contributed by atoms with Crippen molar-refractivity contribution in [1.29, 1.82) is 0 Å². The van der Waals surface area contributed by atoms with Crippen LogP contribution in [0, 0.1) is 0 Å². The molecule has 4 heterocycles. The molecule has 3 aromatic heterocycles. The highest BCUT2D eigenvalue weighted by atomic mass is 32.1. The summed E-state index contributed by atoms with van der Waals surface area (Å²) in [5.74, 6) is 0.878. The molecule has 1 unspecified atom stereocenters. The van der Waals surface area contributed by atoms with E-state index in [2.05, 4.69) is 72.3 Å². The Morgan fingerprint density at radius 3 is 2.33 bits per heavy atom. The topological polar surface area (TPSA) is 29.0 Å². The number of halogens is 1. The third-order valence-corrected chi connectivity index (χ3v) is 9.78. The second kappa shape index (κ2) is 9.85. The number of thiophene rings is 1. The van der Waals surface area contributed by atoms with Crippen molar-refractivity contribution in [2.45, 2.75) is 25.4 Å². The molecule has 3 nitrogen and oxygen atoms in total. The predicted octanol–water partition coefficient (Wildman–Crippen LogP) is 10.7. The SMILES string of the molecule is CC1(C)c2cc3sc4ccccc4c3cc2N(c2cccc(C(F)c3cccc(-c4ccccn4)c3)c2)c2ncccc21. The van der Waals surface area contributed by atoms with E-state index in [9.17, 15) is 0 Å². The highest BCUT2D eigenvalue weighted by Gasteiger charge is 2.38. The molecule has 1 aliphatic rings. The van der Waals surface area contributed by atoms with Crippen molar-refractivity contribution in [3.05, 3.63) is 150 Å². The Morgan fingerprint density at radius 2 is 1.47 bits per heavy atom. The first-order valence-electron chi connectivity index (χ1n) is 14.5. The van der Waals surface area contributed by atoms with Crippen molar-refractivity contribution in [3.8, 4) is 11.3 Å². The number of hydrogen-bond acceptors (Lipinski definition) is 4. The smallest absolute Gasteiger partial charge is 0.150 e. The van der Waals surface area contributed by atoms with Crippen LogP contribution in [-0.2, 0) is 5.41 Å². The van der Waals surface area contributed by atoms with E-state index < -0.39 is 6.17 Å². The van der Waals surface area contributed by atoms with E-state index in [1.807, 2.05) is 84.3 Å². The van der Waals surface area contributed by atoms with Crippen LogP contribution in [0.15, 0.2) is 128 Å². The van der Waals surface area contributed by atoms with Crippen LogP contribution in [0.1, 0.15) is 42.3 Å². The van der Waals surface area contributed by atoms with Crippen LogP contribution in [-0.4, -0.2) is 9.97 Å². The summed E-state index contributed by atoms with van der Waals surface area (Å²) in [5, 5.41) is 2.48. The molecule has 5 heteroatoms. The largest absolute Gasteiger partial charge is 0.294 e. The standard InChI is InChI=1S/C38H28FN3S/c1-38(2)30-15-9-19-41-37(30)42(33-22-29-28-14-3-4-17-34(28)43-35(29)23-31(33)38)27-13-8-12-26(21-27)36(39)25-11-7-10-24(20-25)32-16-5-6-18-40-32/h3-23,36H,1-2H3. The summed E-state index contributed by atoms with van der Waals surface area (Å²) in [4.78, 5) is 11.6. The molecule has 1 aliphatic heterocycles. The second-order valence-electron chi connectivity index (χ2n) is 11.6. The molecule has 0 radical (unpaired) electrons. The molecule has 208 valence electrons. The van der Waals surface area contributed by atoms with Gasteiger partial charge in [-0.2, -0.15) is 0 Å². The molecule has 0 saturated heterocycles. The van der Waals surface area contributed by atoms with Crippen molar-refractivity contribution in [3.63, 3.8) is 0 Å². The summed E-state index contributed by atoms with van der Waals surface area (Å²) in [6.45, 7) is 4.54. The van der Waals surface area contributed by atoms with Gasteiger partial charge in [-0.05, 0) is 71.3 Å². The van der Waals surface area contributed by atoms with Gasteiger partial charge in [-0.1, -0.05) is 74.5 Å². The molecular formula is C38H28FN3S. The first-order valence-corrected chi connectivity index (χ1v) is 15.3. The van der Waals surface area contributed by atoms with Gasteiger partial charge in [-0.15, -0.1) is 11.3 Å². The zero-order valence-corrected chi connectivity index (χ0v) is 24.6. The molecule has 7 aromatic rings. The normalized spacial score (nSPS) is 14.4. The van der Waals surface area contributed by atoms with Crippen LogP contribution in [0.3, 0.4) is 0 Å². The fourth-order valence-corrected chi connectivity index (χ4v) is 7.56. The molecule has 0 fully saturated rings. The zero-order chi connectivity index (χ0) is 29.1. The average molecular weight is 578 g/mol. The number of fused-ring (bicyclic) bond motifs is 5. The molecule has 0 bridgehead atoms. The highest BCUT2D eigenvalue weighted by molar-refractivity contribution is 7.25. The number of rotatable bonds is 4. The van der Waals surface area contributed by atoms with Gasteiger partial charge in [0.1, 0.15) is 5.82 Å². The van der Waals surface area contributed by atoms with E-state index in [-0.39, 0.29) is 5.41 Å². The minimum atomic E-state index is -1.30. The van der Waals surface area contributed by atoms with Crippen molar-refractivity contribution < 1.29 is 4.39 Å². The third kappa shape index (κ3) is 4.15. The fourth-order valence-electron chi connectivity index (χ4n) is 6.43. The van der Waals surface area contributed by atoms with Gasteiger partial charge in [0, 0.05) is 54.8 Å². The van der Waals surface area contributed by atoms with E-state index in [0.29, 0.717) is 11.1 Å². The quantitative estimate of drug-likeness (QED) is 0.208. The lowest BCUT2D eigenvalue weighted by Gasteiger charge is -2.41. The zero-order valence-electron chi connectivity index (χ0n) is 23.8. The number of alkyl halides is 1. The third-order valence-electron chi connectivity index (χ3n) is 8.64. The number of nitrogens with zero attached hydrogens (tertiary/aromatic N) is 3. The molecule has 0 N–H and O–H groups in total. The van der Waals surface area contributed by atoms with Crippen molar-refractivity contribution in [2.24, 2.45) is 0 Å². The lowest BCUT2D eigenvalue weighted by atomic mass is 9.74. The van der Waals surface area contributed by atoms with Crippen molar-refractivity contribution >= 4 is 48.7 Å². The second-order valence-corrected chi connectivity index (χ2v) is 12.7. The van der Waals surface area contributed by atoms with Gasteiger partial charge in [0.25, 0.3) is 0 Å². The number of pyridine rings is 2. The maximum Gasteiger partial charge on any atom is 0.150 e. The van der Waals surface area contributed by atoms with Crippen LogP contribution in [0.4, 0.5) is 21.6 Å². The van der Waals surface area contributed by atoms with E-state index in [0.717, 1.165) is 34.0 Å². The molecular weight excluding hydrogens is 550 g/mol. The van der Waals surface area contributed by atoms with E-state index in [1.54, 1.807) is 6.20 Å². The average Bonchev–Trinajstić information content (AvgIpc) is 3.42. The maximum atomic E-state index is 16.3. The minimum Gasteiger partial charge on any atom is -0.294 e. The first kappa shape index (κ1) is 25.8. The van der Waals surface area contributed by atoms with Crippen LogP contribution in [0.2, 0.25) is 0 Å². The Morgan fingerprint density at radius 1 is 0.674 bits per heavy atom.